The molecule has 0 aliphatic heterocycles. The van der Waals surface area contributed by atoms with Crippen LogP contribution in [0.15, 0.2) is 48.7 Å². The summed E-state index contributed by atoms with van der Waals surface area (Å²) in [6, 6.07) is 9.18. The second kappa shape index (κ2) is 9.44. The molecule has 0 spiro atoms. The van der Waals surface area contributed by atoms with E-state index < -0.39 is 0 Å². The van der Waals surface area contributed by atoms with Gasteiger partial charge in [-0.05, 0) is 60.5 Å². The molecule has 1 N–H and O–H groups in total. The van der Waals surface area contributed by atoms with E-state index in [9.17, 15) is 0 Å². The molecule has 1 aromatic carbocycles. The van der Waals surface area contributed by atoms with Crippen LogP contribution in [0.3, 0.4) is 0 Å². The Balaban J connectivity index is 2.58. The van der Waals surface area contributed by atoms with E-state index in [1.165, 1.54) is 29.5 Å². The van der Waals surface area contributed by atoms with Gasteiger partial charge in [-0.25, -0.2) is 0 Å². The van der Waals surface area contributed by atoms with E-state index in [1.807, 2.05) is 6.92 Å². The van der Waals surface area contributed by atoms with Gasteiger partial charge in [0.05, 0.1) is 0 Å². The molecule has 0 aliphatic carbocycles. The van der Waals surface area contributed by atoms with Crippen LogP contribution in [-0.4, -0.2) is 6.54 Å². The third kappa shape index (κ3) is 8.25. The zero-order valence-corrected chi connectivity index (χ0v) is 18.3. The van der Waals surface area contributed by atoms with E-state index in [0.717, 1.165) is 25.1 Å². The third-order valence-electron chi connectivity index (χ3n) is 5.14. The van der Waals surface area contributed by atoms with Crippen LogP contribution in [0, 0.1) is 10.8 Å². The first-order valence-corrected chi connectivity index (χ1v) is 10.1. The van der Waals surface area contributed by atoms with Crippen molar-refractivity contribution in [2.24, 2.45) is 10.8 Å². The summed E-state index contributed by atoms with van der Waals surface area (Å²) in [5.41, 5.74) is 5.68. The van der Waals surface area contributed by atoms with E-state index in [4.69, 9.17) is 0 Å². The minimum Gasteiger partial charge on any atom is -0.389 e. The number of nitrogens with one attached hydrogen (secondary N) is 1. The quantitative estimate of drug-likeness (QED) is 0.344. The maximum atomic E-state index is 4.41. The Kier molecular flexibility index (Phi) is 8.18. The molecule has 26 heavy (non-hydrogen) atoms. The van der Waals surface area contributed by atoms with Crippen molar-refractivity contribution in [3.05, 3.63) is 59.8 Å². The molecule has 0 bridgehead atoms. The average molecular weight is 356 g/mol. The summed E-state index contributed by atoms with van der Waals surface area (Å²) < 4.78 is 0. The highest BCUT2D eigenvalue weighted by molar-refractivity contribution is 5.29. The van der Waals surface area contributed by atoms with Gasteiger partial charge in [0.1, 0.15) is 0 Å². The van der Waals surface area contributed by atoms with Gasteiger partial charge in [-0.15, -0.1) is 0 Å². The number of allylic oxidation sites excluding steroid dienone is 2. The molecule has 146 valence electrons. The lowest BCUT2D eigenvalue weighted by atomic mass is 9.71. The van der Waals surface area contributed by atoms with Gasteiger partial charge in [-0.3, -0.25) is 0 Å². The molecule has 1 nitrogen and oxygen atoms in total. The van der Waals surface area contributed by atoms with Crippen molar-refractivity contribution in [1.29, 1.82) is 0 Å². The predicted molar refractivity (Wildman–Crippen MR) is 118 cm³/mol. The van der Waals surface area contributed by atoms with E-state index >= 15 is 0 Å². The summed E-state index contributed by atoms with van der Waals surface area (Å²) in [5, 5.41) is 3.31. The second-order valence-electron chi connectivity index (χ2n) is 9.89. The van der Waals surface area contributed by atoms with Gasteiger partial charge in [0.2, 0.25) is 0 Å². The lowest BCUT2D eigenvalue weighted by Crippen LogP contribution is -2.23. The zero-order chi connectivity index (χ0) is 20.0. The van der Waals surface area contributed by atoms with Crippen LogP contribution in [0.5, 0.6) is 0 Å². The summed E-state index contributed by atoms with van der Waals surface area (Å²) in [6.07, 6.45) is 4.50. The highest BCUT2D eigenvalue weighted by Crippen LogP contribution is 2.39. The van der Waals surface area contributed by atoms with Gasteiger partial charge in [0, 0.05) is 12.2 Å². The number of benzene rings is 1. The molecule has 0 aliphatic rings. The monoisotopic (exact) mass is 355 g/mol. The molecular formula is C25H41N. The predicted octanol–water partition coefficient (Wildman–Crippen LogP) is 7.25. The molecule has 1 atom stereocenters. The minimum atomic E-state index is 0.167. The molecule has 0 saturated heterocycles. The molecule has 1 rings (SSSR count). The maximum Gasteiger partial charge on any atom is 0.0143 e. The molecule has 0 aromatic heterocycles. The van der Waals surface area contributed by atoms with Gasteiger partial charge in [0.25, 0.3) is 0 Å². The van der Waals surface area contributed by atoms with Gasteiger partial charge < -0.3 is 5.32 Å². The molecule has 0 amide bonds. The van der Waals surface area contributed by atoms with E-state index in [2.05, 4.69) is 84.3 Å². The first-order valence-electron chi connectivity index (χ1n) is 10.1. The molecule has 0 saturated carbocycles. The van der Waals surface area contributed by atoms with Crippen molar-refractivity contribution in [3.63, 3.8) is 0 Å². The van der Waals surface area contributed by atoms with Crippen molar-refractivity contribution < 1.29 is 0 Å². The van der Waals surface area contributed by atoms with Crippen LogP contribution in [0.25, 0.3) is 0 Å². The molecule has 0 radical (unpaired) electrons. The van der Waals surface area contributed by atoms with Crippen LogP contribution in [0.2, 0.25) is 0 Å². The highest BCUT2D eigenvalue weighted by atomic mass is 14.9. The van der Waals surface area contributed by atoms with Gasteiger partial charge in [0.15, 0.2) is 0 Å². The van der Waals surface area contributed by atoms with Gasteiger partial charge in [-0.1, -0.05) is 84.5 Å². The minimum absolute atomic E-state index is 0.167. The molecule has 1 heteroatoms. The summed E-state index contributed by atoms with van der Waals surface area (Å²) >= 11 is 0. The lowest BCUT2D eigenvalue weighted by Gasteiger charge is -2.34. The van der Waals surface area contributed by atoms with Gasteiger partial charge >= 0.3 is 0 Å². The Labute approximate surface area is 163 Å². The fraction of sp³-hybridized carbons (Fsp3) is 0.600. The van der Waals surface area contributed by atoms with Crippen LogP contribution in [-0.2, 0) is 6.42 Å². The first kappa shape index (κ1) is 22.5. The van der Waals surface area contributed by atoms with E-state index in [-0.39, 0.29) is 5.41 Å². The normalized spacial score (nSPS) is 13.3. The summed E-state index contributed by atoms with van der Waals surface area (Å²) in [6.45, 7) is 25.2. The molecule has 0 heterocycles. The Morgan fingerprint density at radius 1 is 1.04 bits per heavy atom. The number of rotatable bonds is 10. The van der Waals surface area contributed by atoms with Crippen LogP contribution < -0.4 is 5.32 Å². The zero-order valence-electron chi connectivity index (χ0n) is 18.3. The largest absolute Gasteiger partial charge is 0.389 e. The Morgan fingerprint density at radius 2 is 1.62 bits per heavy atom. The van der Waals surface area contributed by atoms with Crippen molar-refractivity contribution in [2.45, 2.75) is 80.1 Å². The Hall–Kier alpha value is -1.50. The maximum absolute atomic E-state index is 4.41. The van der Waals surface area contributed by atoms with Crippen molar-refractivity contribution >= 4 is 0 Å². The molecular weight excluding hydrogens is 314 g/mol. The van der Waals surface area contributed by atoms with Crippen molar-refractivity contribution in [3.8, 4) is 0 Å². The highest BCUT2D eigenvalue weighted by Gasteiger charge is 2.27. The summed E-state index contributed by atoms with van der Waals surface area (Å²) in [7, 11) is 0. The fourth-order valence-electron chi connectivity index (χ4n) is 3.78. The average Bonchev–Trinajstić information content (AvgIpc) is 2.49. The fourth-order valence-corrected chi connectivity index (χ4v) is 3.78. The van der Waals surface area contributed by atoms with Crippen LogP contribution in [0.1, 0.15) is 84.8 Å². The lowest BCUT2D eigenvalue weighted by molar-refractivity contribution is 0.247. The first-order chi connectivity index (χ1) is 11.9. The Bertz CT molecular complexity index is 584. The summed E-state index contributed by atoms with van der Waals surface area (Å²) in [5.74, 6) is 0.594. The topological polar surface area (TPSA) is 12.0 Å². The SMILES string of the molecule is C=C(C)NCCCC(C)c1ccc(CC(=C)C(C)(C)CC(C)(C)C)cc1. The summed E-state index contributed by atoms with van der Waals surface area (Å²) in [4.78, 5) is 0. The van der Waals surface area contributed by atoms with E-state index in [0.29, 0.717) is 11.3 Å². The smallest absolute Gasteiger partial charge is 0.0143 e. The second-order valence-corrected chi connectivity index (χ2v) is 9.89. The van der Waals surface area contributed by atoms with Gasteiger partial charge in [-0.2, -0.15) is 0 Å². The van der Waals surface area contributed by atoms with E-state index in [1.54, 1.807) is 0 Å². The number of hydrogen-bond donors (Lipinski definition) is 1. The van der Waals surface area contributed by atoms with Crippen LogP contribution >= 0.6 is 0 Å². The third-order valence-corrected chi connectivity index (χ3v) is 5.14. The number of hydrogen-bond acceptors (Lipinski definition) is 1. The molecule has 1 aromatic rings. The Morgan fingerprint density at radius 3 is 2.12 bits per heavy atom. The molecule has 1 unspecified atom stereocenters. The van der Waals surface area contributed by atoms with Crippen molar-refractivity contribution in [1.82, 2.24) is 5.32 Å². The standard InChI is InChI=1S/C25H41N/c1-19(2)26-16-10-11-20(3)23-14-12-22(13-15-23)17-21(4)25(8,9)18-24(5,6)7/h12-15,20,26H,1,4,10-11,16-18H2,2-3,5-9H3. The molecule has 0 fully saturated rings. The van der Waals surface area contributed by atoms with Crippen molar-refractivity contribution in [2.75, 3.05) is 6.54 Å². The van der Waals surface area contributed by atoms with Crippen LogP contribution in [0.4, 0.5) is 0 Å².